The lowest BCUT2D eigenvalue weighted by atomic mass is 10.2. The third-order valence-electron chi connectivity index (χ3n) is 1.50. The number of hydrogen-bond acceptors (Lipinski definition) is 1. The topological polar surface area (TPSA) is 12.0 Å². The van der Waals surface area contributed by atoms with Gasteiger partial charge >= 0.3 is 6.18 Å². The van der Waals surface area contributed by atoms with Crippen LogP contribution >= 0.6 is 0 Å². The Hall–Kier alpha value is -1.19. The standard InChI is InChI=1S/C8H8F3N/c1-12-7-4-2-6(3-5-7)8(9,10)11/h2-5,12H,1H3. The predicted octanol–water partition coefficient (Wildman–Crippen LogP) is 2.75. The Labute approximate surface area is 68.2 Å². The summed E-state index contributed by atoms with van der Waals surface area (Å²) >= 11 is 0. The summed E-state index contributed by atoms with van der Waals surface area (Å²) in [5.41, 5.74) is 0.0458. The van der Waals surface area contributed by atoms with Crippen molar-refractivity contribution in [3.8, 4) is 0 Å². The maximum absolute atomic E-state index is 12.0. The van der Waals surface area contributed by atoms with E-state index in [-0.39, 0.29) is 0 Å². The van der Waals surface area contributed by atoms with Crippen LogP contribution in [0.1, 0.15) is 5.56 Å². The minimum absolute atomic E-state index is 0.624. The van der Waals surface area contributed by atoms with Crippen molar-refractivity contribution >= 4 is 5.69 Å². The molecule has 0 saturated carbocycles. The Bertz CT molecular complexity index is 250. The zero-order chi connectivity index (χ0) is 9.19. The molecule has 0 aliphatic rings. The van der Waals surface area contributed by atoms with Crippen LogP contribution in [-0.4, -0.2) is 7.05 Å². The van der Waals surface area contributed by atoms with Gasteiger partial charge in [-0.15, -0.1) is 0 Å². The second kappa shape index (κ2) is 3.05. The van der Waals surface area contributed by atoms with Crippen molar-refractivity contribution in [2.75, 3.05) is 12.4 Å². The number of hydrogen-bond donors (Lipinski definition) is 1. The molecule has 0 saturated heterocycles. The van der Waals surface area contributed by atoms with Gasteiger partial charge < -0.3 is 5.32 Å². The van der Waals surface area contributed by atoms with Gasteiger partial charge in [-0.05, 0) is 24.3 Å². The van der Waals surface area contributed by atoms with Crippen molar-refractivity contribution in [1.82, 2.24) is 0 Å². The third-order valence-corrected chi connectivity index (χ3v) is 1.50. The van der Waals surface area contributed by atoms with E-state index >= 15 is 0 Å². The lowest BCUT2D eigenvalue weighted by Gasteiger charge is -2.06. The first-order chi connectivity index (χ1) is 5.54. The van der Waals surface area contributed by atoms with Gasteiger partial charge in [0.1, 0.15) is 0 Å². The number of alkyl halides is 3. The highest BCUT2D eigenvalue weighted by molar-refractivity contribution is 5.44. The van der Waals surface area contributed by atoms with Gasteiger partial charge in [0.05, 0.1) is 5.56 Å². The van der Waals surface area contributed by atoms with E-state index in [4.69, 9.17) is 0 Å². The Morgan fingerprint density at radius 3 is 1.92 bits per heavy atom. The smallest absolute Gasteiger partial charge is 0.388 e. The molecule has 12 heavy (non-hydrogen) atoms. The van der Waals surface area contributed by atoms with Crippen LogP contribution in [0.3, 0.4) is 0 Å². The van der Waals surface area contributed by atoms with Gasteiger partial charge in [0, 0.05) is 12.7 Å². The molecule has 0 aliphatic carbocycles. The van der Waals surface area contributed by atoms with E-state index in [1.807, 2.05) is 0 Å². The molecule has 1 rings (SSSR count). The molecule has 4 heteroatoms. The van der Waals surface area contributed by atoms with E-state index in [0.29, 0.717) is 5.69 Å². The number of nitrogens with one attached hydrogen (secondary N) is 1. The molecule has 1 N–H and O–H groups in total. The summed E-state index contributed by atoms with van der Waals surface area (Å²) in [5.74, 6) is 0. The maximum Gasteiger partial charge on any atom is 0.416 e. The summed E-state index contributed by atoms with van der Waals surface area (Å²) in [4.78, 5) is 0. The SMILES string of the molecule is CNc1ccc(C(F)(F)F)cc1. The summed E-state index contributed by atoms with van der Waals surface area (Å²) in [5, 5.41) is 2.74. The number of anilines is 1. The van der Waals surface area contributed by atoms with Gasteiger partial charge in [-0.25, -0.2) is 0 Å². The molecule has 1 aromatic rings. The molecule has 1 nitrogen and oxygen atoms in total. The van der Waals surface area contributed by atoms with Gasteiger partial charge in [-0.3, -0.25) is 0 Å². The van der Waals surface area contributed by atoms with E-state index in [9.17, 15) is 13.2 Å². The highest BCUT2D eigenvalue weighted by atomic mass is 19.4. The monoisotopic (exact) mass is 175 g/mol. The first-order valence-electron chi connectivity index (χ1n) is 3.39. The normalized spacial score (nSPS) is 11.3. The van der Waals surface area contributed by atoms with Gasteiger partial charge in [0.15, 0.2) is 0 Å². The van der Waals surface area contributed by atoms with Crippen LogP contribution in [0.25, 0.3) is 0 Å². The molecule has 0 aliphatic heterocycles. The fourth-order valence-electron chi connectivity index (χ4n) is 0.826. The van der Waals surface area contributed by atoms with Gasteiger partial charge in [0.25, 0.3) is 0 Å². The van der Waals surface area contributed by atoms with Crippen LogP contribution in [-0.2, 0) is 6.18 Å². The van der Waals surface area contributed by atoms with Crippen molar-refractivity contribution in [2.45, 2.75) is 6.18 Å². The molecule has 0 unspecified atom stereocenters. The predicted molar refractivity (Wildman–Crippen MR) is 41.0 cm³/mol. The van der Waals surface area contributed by atoms with Crippen molar-refractivity contribution in [3.63, 3.8) is 0 Å². The summed E-state index contributed by atoms with van der Waals surface area (Å²) < 4.78 is 36.0. The molecule has 0 aromatic heterocycles. The van der Waals surface area contributed by atoms with E-state index in [2.05, 4.69) is 5.32 Å². The average Bonchev–Trinajstić information content (AvgIpc) is 2.03. The molecule has 0 radical (unpaired) electrons. The molecule has 0 bridgehead atoms. The van der Waals surface area contributed by atoms with Crippen LogP contribution in [0.4, 0.5) is 18.9 Å². The Morgan fingerprint density at radius 2 is 1.58 bits per heavy atom. The van der Waals surface area contributed by atoms with Crippen LogP contribution in [0.2, 0.25) is 0 Å². The molecule has 0 atom stereocenters. The summed E-state index contributed by atoms with van der Waals surface area (Å²) in [6.45, 7) is 0. The van der Waals surface area contributed by atoms with E-state index in [1.54, 1.807) is 7.05 Å². The summed E-state index contributed by atoms with van der Waals surface area (Å²) in [6, 6.07) is 4.88. The lowest BCUT2D eigenvalue weighted by Crippen LogP contribution is -2.04. The van der Waals surface area contributed by atoms with Crippen LogP contribution in [0, 0.1) is 0 Å². The minimum Gasteiger partial charge on any atom is -0.388 e. The second-order valence-corrected chi connectivity index (χ2v) is 2.33. The number of rotatable bonds is 1. The second-order valence-electron chi connectivity index (χ2n) is 2.33. The Balaban J connectivity index is 2.93. The quantitative estimate of drug-likeness (QED) is 0.692. The van der Waals surface area contributed by atoms with Crippen molar-refractivity contribution in [2.24, 2.45) is 0 Å². The Kier molecular flexibility index (Phi) is 2.26. The molecule has 0 fully saturated rings. The fraction of sp³-hybridized carbons (Fsp3) is 0.250. The van der Waals surface area contributed by atoms with Crippen molar-refractivity contribution in [1.29, 1.82) is 0 Å². The zero-order valence-electron chi connectivity index (χ0n) is 6.44. The van der Waals surface area contributed by atoms with Gasteiger partial charge in [0.2, 0.25) is 0 Å². The maximum atomic E-state index is 12.0. The van der Waals surface area contributed by atoms with Crippen LogP contribution < -0.4 is 5.32 Å². The van der Waals surface area contributed by atoms with Crippen molar-refractivity contribution in [3.05, 3.63) is 29.8 Å². The molecule has 66 valence electrons. The minimum atomic E-state index is -4.24. The van der Waals surface area contributed by atoms with Gasteiger partial charge in [-0.2, -0.15) is 13.2 Å². The fourth-order valence-corrected chi connectivity index (χ4v) is 0.826. The average molecular weight is 175 g/mol. The van der Waals surface area contributed by atoms with Gasteiger partial charge in [-0.1, -0.05) is 0 Å². The van der Waals surface area contributed by atoms with E-state index in [0.717, 1.165) is 12.1 Å². The van der Waals surface area contributed by atoms with Crippen LogP contribution in [0.5, 0.6) is 0 Å². The highest BCUT2D eigenvalue weighted by Crippen LogP contribution is 2.29. The summed E-state index contributed by atoms with van der Waals surface area (Å²) in [6.07, 6.45) is -4.24. The molecule has 0 spiro atoms. The Morgan fingerprint density at radius 1 is 1.08 bits per heavy atom. The molecule has 0 heterocycles. The first-order valence-corrected chi connectivity index (χ1v) is 3.39. The van der Waals surface area contributed by atoms with E-state index < -0.39 is 11.7 Å². The third kappa shape index (κ3) is 1.90. The highest BCUT2D eigenvalue weighted by Gasteiger charge is 2.29. The van der Waals surface area contributed by atoms with Crippen molar-refractivity contribution < 1.29 is 13.2 Å². The lowest BCUT2D eigenvalue weighted by molar-refractivity contribution is -0.137. The van der Waals surface area contributed by atoms with Crippen LogP contribution in [0.15, 0.2) is 24.3 Å². The summed E-state index contributed by atoms with van der Waals surface area (Å²) in [7, 11) is 1.66. The largest absolute Gasteiger partial charge is 0.416 e. The molecule has 1 aromatic carbocycles. The first kappa shape index (κ1) is 8.90. The molecular formula is C8H8F3N. The number of benzene rings is 1. The molecule has 0 amide bonds. The number of halogens is 3. The molecular weight excluding hydrogens is 167 g/mol. The zero-order valence-corrected chi connectivity index (χ0v) is 6.44. The van der Waals surface area contributed by atoms with E-state index in [1.165, 1.54) is 12.1 Å².